The molecular formula is C27H34Cl2N2O2. The van der Waals surface area contributed by atoms with Crippen molar-refractivity contribution in [2.75, 3.05) is 0 Å². The Hall–Kier alpha value is -2.04. The third-order valence-electron chi connectivity index (χ3n) is 6.48. The van der Waals surface area contributed by atoms with Gasteiger partial charge in [0.2, 0.25) is 11.8 Å². The average molecular weight is 489 g/mol. The predicted octanol–water partition coefficient (Wildman–Crippen LogP) is 6.35. The largest absolute Gasteiger partial charge is 0.352 e. The van der Waals surface area contributed by atoms with Gasteiger partial charge in [0.25, 0.3) is 0 Å². The number of hydrogen-bond donors (Lipinski definition) is 1. The molecule has 4 nitrogen and oxygen atoms in total. The molecule has 2 aromatic rings. The van der Waals surface area contributed by atoms with Crippen LogP contribution in [0.15, 0.2) is 42.5 Å². The lowest BCUT2D eigenvalue weighted by Crippen LogP contribution is -2.51. The number of amides is 2. The van der Waals surface area contributed by atoms with Crippen molar-refractivity contribution >= 4 is 35.0 Å². The highest BCUT2D eigenvalue weighted by Crippen LogP contribution is 2.25. The summed E-state index contributed by atoms with van der Waals surface area (Å²) in [5.41, 5.74) is 3.26. The Labute approximate surface area is 207 Å². The second-order valence-corrected chi connectivity index (χ2v) is 9.67. The number of carbonyl (C=O) groups excluding carboxylic acids is 2. The lowest BCUT2D eigenvalue weighted by Gasteiger charge is -2.31. The molecule has 3 rings (SSSR count). The molecule has 2 amide bonds. The van der Waals surface area contributed by atoms with Gasteiger partial charge in [0, 0.05) is 19.0 Å². The van der Waals surface area contributed by atoms with E-state index in [-0.39, 0.29) is 17.9 Å². The molecule has 0 spiro atoms. The number of aryl methyl sites for hydroxylation is 2. The molecule has 1 fully saturated rings. The Morgan fingerprint density at radius 2 is 1.61 bits per heavy atom. The van der Waals surface area contributed by atoms with E-state index in [9.17, 15) is 9.59 Å². The zero-order chi connectivity index (χ0) is 23.8. The number of nitrogens with zero attached hydrogens (tertiary/aromatic N) is 1. The van der Waals surface area contributed by atoms with E-state index in [1.54, 1.807) is 17.0 Å². The third kappa shape index (κ3) is 7.22. The molecule has 0 bridgehead atoms. The van der Waals surface area contributed by atoms with Gasteiger partial charge in [0.05, 0.1) is 10.0 Å². The lowest BCUT2D eigenvalue weighted by molar-refractivity contribution is -0.141. The van der Waals surface area contributed by atoms with Gasteiger partial charge in [-0.1, -0.05) is 80.2 Å². The molecule has 6 heteroatoms. The molecule has 178 valence electrons. The van der Waals surface area contributed by atoms with Crippen LogP contribution in [0.4, 0.5) is 0 Å². The van der Waals surface area contributed by atoms with Crippen molar-refractivity contribution in [3.8, 4) is 0 Å². The molecule has 1 atom stereocenters. The standard InChI is InChI=1S/C27H34Cl2N2O2/c1-3-19-9-11-20(12-10-19)14-16-26(32)31(18-21-13-15-23(28)24(29)17-21)25(4-2)27(33)30-22-7-5-6-8-22/h9-13,15,17,22,25H,3-8,14,16,18H2,1-2H3,(H,30,33)/t25-/m1/s1. The first-order chi connectivity index (χ1) is 15.9. The fourth-order valence-electron chi connectivity index (χ4n) is 4.46. The monoisotopic (exact) mass is 488 g/mol. The summed E-state index contributed by atoms with van der Waals surface area (Å²) in [6.07, 6.45) is 6.84. The van der Waals surface area contributed by atoms with Gasteiger partial charge in [-0.2, -0.15) is 0 Å². The van der Waals surface area contributed by atoms with E-state index in [1.807, 2.05) is 13.0 Å². The molecule has 1 aliphatic carbocycles. The summed E-state index contributed by atoms with van der Waals surface area (Å²) in [6, 6.07) is 13.4. The quantitative estimate of drug-likeness (QED) is 0.423. The van der Waals surface area contributed by atoms with Crippen LogP contribution in [0.2, 0.25) is 10.0 Å². The van der Waals surface area contributed by atoms with Crippen molar-refractivity contribution in [2.24, 2.45) is 0 Å². The summed E-state index contributed by atoms with van der Waals surface area (Å²) < 4.78 is 0. The molecule has 0 unspecified atom stereocenters. The summed E-state index contributed by atoms with van der Waals surface area (Å²) in [5.74, 6) is -0.0980. The molecule has 1 saturated carbocycles. The molecule has 0 aromatic heterocycles. The van der Waals surface area contributed by atoms with Gasteiger partial charge in [-0.05, 0) is 60.9 Å². The van der Waals surface area contributed by atoms with Crippen molar-refractivity contribution in [3.05, 3.63) is 69.2 Å². The SMILES string of the molecule is CCc1ccc(CCC(=O)N(Cc2ccc(Cl)c(Cl)c2)[C@H](CC)C(=O)NC2CCCC2)cc1. The minimum absolute atomic E-state index is 0.0333. The highest BCUT2D eigenvalue weighted by molar-refractivity contribution is 6.42. The maximum absolute atomic E-state index is 13.4. The number of hydrogen-bond acceptors (Lipinski definition) is 2. The van der Waals surface area contributed by atoms with Crippen molar-refractivity contribution in [3.63, 3.8) is 0 Å². The van der Waals surface area contributed by atoms with Crippen LogP contribution in [-0.4, -0.2) is 28.8 Å². The molecule has 0 heterocycles. The van der Waals surface area contributed by atoms with Crippen molar-refractivity contribution in [1.82, 2.24) is 10.2 Å². The van der Waals surface area contributed by atoms with Gasteiger partial charge >= 0.3 is 0 Å². The maximum Gasteiger partial charge on any atom is 0.243 e. The second kappa shape index (κ2) is 12.4. The van der Waals surface area contributed by atoms with Crippen LogP contribution in [0, 0.1) is 0 Å². The molecule has 33 heavy (non-hydrogen) atoms. The minimum atomic E-state index is -0.518. The number of rotatable bonds is 10. The van der Waals surface area contributed by atoms with Gasteiger partial charge < -0.3 is 10.2 Å². The van der Waals surface area contributed by atoms with Crippen LogP contribution in [0.25, 0.3) is 0 Å². The van der Waals surface area contributed by atoms with Crippen LogP contribution in [-0.2, 0) is 29.0 Å². The average Bonchev–Trinajstić information content (AvgIpc) is 3.33. The molecule has 1 N–H and O–H groups in total. The van der Waals surface area contributed by atoms with Crippen molar-refractivity contribution in [2.45, 2.75) is 83.8 Å². The number of nitrogens with one attached hydrogen (secondary N) is 1. The fraction of sp³-hybridized carbons (Fsp3) is 0.481. The van der Waals surface area contributed by atoms with Crippen LogP contribution in [0.1, 0.15) is 69.1 Å². The maximum atomic E-state index is 13.4. The van der Waals surface area contributed by atoms with Crippen molar-refractivity contribution < 1.29 is 9.59 Å². The van der Waals surface area contributed by atoms with Crippen molar-refractivity contribution in [1.29, 1.82) is 0 Å². The van der Waals surface area contributed by atoms with E-state index >= 15 is 0 Å². The number of halogens is 2. The molecular weight excluding hydrogens is 455 g/mol. The number of benzene rings is 2. The van der Waals surface area contributed by atoms with E-state index in [2.05, 4.69) is 36.5 Å². The number of carbonyl (C=O) groups is 2. The zero-order valence-corrected chi connectivity index (χ0v) is 21.1. The highest BCUT2D eigenvalue weighted by Gasteiger charge is 2.30. The highest BCUT2D eigenvalue weighted by atomic mass is 35.5. The minimum Gasteiger partial charge on any atom is -0.352 e. The molecule has 0 radical (unpaired) electrons. The van der Waals surface area contributed by atoms with E-state index in [4.69, 9.17) is 23.2 Å². The first kappa shape index (κ1) is 25.6. The fourth-order valence-corrected chi connectivity index (χ4v) is 4.78. The lowest BCUT2D eigenvalue weighted by atomic mass is 10.0. The first-order valence-electron chi connectivity index (χ1n) is 12.0. The normalized spacial score (nSPS) is 14.8. The Bertz CT molecular complexity index is 940. The van der Waals surface area contributed by atoms with Gasteiger partial charge in [-0.25, -0.2) is 0 Å². The molecule has 2 aromatic carbocycles. The van der Waals surface area contributed by atoms with Gasteiger partial charge in [-0.15, -0.1) is 0 Å². The topological polar surface area (TPSA) is 49.4 Å². The van der Waals surface area contributed by atoms with Crippen LogP contribution in [0.3, 0.4) is 0 Å². The molecule has 1 aliphatic rings. The summed E-state index contributed by atoms with van der Waals surface area (Å²) >= 11 is 12.3. The Balaban J connectivity index is 1.76. The molecule has 0 saturated heterocycles. The summed E-state index contributed by atoms with van der Waals surface area (Å²) in [4.78, 5) is 28.3. The van der Waals surface area contributed by atoms with Gasteiger partial charge in [0.15, 0.2) is 0 Å². The second-order valence-electron chi connectivity index (χ2n) is 8.85. The van der Waals surface area contributed by atoms with Gasteiger partial charge in [-0.3, -0.25) is 9.59 Å². The Morgan fingerprint density at radius 3 is 2.21 bits per heavy atom. The Morgan fingerprint density at radius 1 is 0.970 bits per heavy atom. The first-order valence-corrected chi connectivity index (χ1v) is 12.8. The van der Waals surface area contributed by atoms with E-state index in [1.165, 1.54) is 5.56 Å². The van der Waals surface area contributed by atoms with Crippen LogP contribution < -0.4 is 5.32 Å². The van der Waals surface area contributed by atoms with Crippen LogP contribution in [0.5, 0.6) is 0 Å². The van der Waals surface area contributed by atoms with Crippen LogP contribution >= 0.6 is 23.2 Å². The Kier molecular flexibility index (Phi) is 9.64. The third-order valence-corrected chi connectivity index (χ3v) is 7.22. The van der Waals surface area contributed by atoms with E-state index < -0.39 is 6.04 Å². The summed E-state index contributed by atoms with van der Waals surface area (Å²) in [7, 11) is 0. The summed E-state index contributed by atoms with van der Waals surface area (Å²) in [6.45, 7) is 4.40. The zero-order valence-electron chi connectivity index (χ0n) is 19.6. The van der Waals surface area contributed by atoms with E-state index in [0.29, 0.717) is 35.9 Å². The van der Waals surface area contributed by atoms with E-state index in [0.717, 1.165) is 43.2 Å². The smallest absolute Gasteiger partial charge is 0.243 e. The molecule has 0 aliphatic heterocycles. The summed E-state index contributed by atoms with van der Waals surface area (Å²) in [5, 5.41) is 4.10. The predicted molar refractivity (Wildman–Crippen MR) is 136 cm³/mol. The van der Waals surface area contributed by atoms with Gasteiger partial charge in [0.1, 0.15) is 6.04 Å².